The number of hydrogen-bond acceptors (Lipinski definition) is 7. The van der Waals surface area contributed by atoms with Gasteiger partial charge < -0.3 is 14.6 Å². The van der Waals surface area contributed by atoms with Crippen LogP contribution in [0.4, 0.5) is 5.13 Å². The fourth-order valence-electron chi connectivity index (χ4n) is 3.17. The van der Waals surface area contributed by atoms with Crippen LogP contribution in [-0.2, 0) is 17.9 Å². The Bertz CT molecular complexity index is 1290. The van der Waals surface area contributed by atoms with E-state index in [2.05, 4.69) is 50.3 Å². The molecule has 2 aromatic carbocycles. The fraction of sp³-hybridized carbons (Fsp3) is 0.250. The molecule has 0 saturated heterocycles. The lowest BCUT2D eigenvalue weighted by atomic mass is 10.1. The average Bonchev–Trinajstić information content (AvgIpc) is 3.45. The number of aryl methyl sites for hydroxylation is 2. The van der Waals surface area contributed by atoms with Gasteiger partial charge in [0.15, 0.2) is 16.1 Å². The van der Waals surface area contributed by atoms with Gasteiger partial charge in [0.1, 0.15) is 12.4 Å². The number of carbonyl (C=O) groups is 1. The molecule has 0 aliphatic rings. The van der Waals surface area contributed by atoms with Gasteiger partial charge in [0.25, 0.3) is 0 Å². The molecule has 0 unspecified atom stereocenters. The number of halogens is 1. The van der Waals surface area contributed by atoms with Gasteiger partial charge in [0.05, 0.1) is 11.4 Å². The van der Waals surface area contributed by atoms with E-state index < -0.39 is 0 Å². The molecule has 1 amide bonds. The highest BCUT2D eigenvalue weighted by molar-refractivity contribution is 9.10. The third-order valence-electron chi connectivity index (χ3n) is 5.18. The van der Waals surface area contributed by atoms with Crippen molar-refractivity contribution >= 4 is 50.1 Å². The first kappa shape index (κ1) is 24.4. The molecule has 10 heteroatoms. The van der Waals surface area contributed by atoms with Gasteiger partial charge in [-0.1, -0.05) is 45.9 Å². The Morgan fingerprint density at radius 1 is 1.15 bits per heavy atom. The number of carbonyl (C=O) groups excluding carboxylic acids is 1. The van der Waals surface area contributed by atoms with Gasteiger partial charge in [-0.25, -0.2) is 4.98 Å². The minimum absolute atomic E-state index is 0.139. The molecular formula is C24H24BrN5O2S2. The van der Waals surface area contributed by atoms with Gasteiger partial charge >= 0.3 is 0 Å². The quantitative estimate of drug-likeness (QED) is 0.250. The molecular weight excluding hydrogens is 534 g/mol. The first-order valence-electron chi connectivity index (χ1n) is 10.7. The van der Waals surface area contributed by atoms with Gasteiger partial charge in [0.2, 0.25) is 5.91 Å². The molecule has 0 bridgehead atoms. The van der Waals surface area contributed by atoms with Crippen LogP contribution in [0.15, 0.2) is 57.5 Å². The van der Waals surface area contributed by atoms with Crippen molar-refractivity contribution in [3.8, 4) is 17.0 Å². The van der Waals surface area contributed by atoms with Crippen LogP contribution in [0.1, 0.15) is 23.9 Å². The monoisotopic (exact) mass is 557 g/mol. The fourth-order valence-corrected chi connectivity index (χ4v) is 4.99. The third-order valence-corrected chi connectivity index (χ3v) is 7.43. The van der Waals surface area contributed by atoms with Crippen LogP contribution in [-0.4, -0.2) is 31.4 Å². The predicted octanol–water partition coefficient (Wildman–Crippen LogP) is 6.11. The maximum absolute atomic E-state index is 12.5. The molecule has 0 atom stereocenters. The first-order chi connectivity index (χ1) is 16.4. The van der Waals surface area contributed by atoms with Crippen molar-refractivity contribution in [3.63, 3.8) is 0 Å². The molecule has 2 aromatic heterocycles. The number of thioether (sulfide) groups is 1. The molecule has 0 aliphatic heterocycles. The van der Waals surface area contributed by atoms with E-state index >= 15 is 0 Å². The van der Waals surface area contributed by atoms with Gasteiger partial charge in [0, 0.05) is 22.0 Å². The second kappa shape index (κ2) is 11.2. The molecule has 1 N–H and O–H groups in total. The summed E-state index contributed by atoms with van der Waals surface area (Å²) < 4.78 is 8.89. The number of aromatic nitrogens is 4. The molecule has 4 rings (SSSR count). The highest BCUT2D eigenvalue weighted by Gasteiger charge is 2.15. The lowest BCUT2D eigenvalue weighted by molar-refractivity contribution is -0.113. The average molecular weight is 559 g/mol. The number of nitrogens with one attached hydrogen (secondary N) is 1. The molecule has 0 spiro atoms. The van der Waals surface area contributed by atoms with E-state index in [-0.39, 0.29) is 11.7 Å². The lowest BCUT2D eigenvalue weighted by Gasteiger charge is -2.10. The van der Waals surface area contributed by atoms with E-state index in [0.717, 1.165) is 27.3 Å². The zero-order valence-corrected chi connectivity index (χ0v) is 22.3. The highest BCUT2D eigenvalue weighted by Crippen LogP contribution is 2.26. The largest absolute Gasteiger partial charge is 0.486 e. The lowest BCUT2D eigenvalue weighted by Crippen LogP contribution is -2.14. The molecule has 2 heterocycles. The van der Waals surface area contributed by atoms with Gasteiger partial charge in [-0.05, 0) is 56.2 Å². The van der Waals surface area contributed by atoms with Crippen molar-refractivity contribution < 1.29 is 9.53 Å². The SMILES string of the molecule is CCn1c(COc2ccc(C)c(C)c2)nnc1SCC(=O)Nc1nc(-c2ccc(Br)cc2)cs1. The Balaban J connectivity index is 1.32. The Morgan fingerprint density at radius 3 is 2.68 bits per heavy atom. The van der Waals surface area contributed by atoms with Gasteiger partial charge in [-0.2, -0.15) is 0 Å². The number of benzene rings is 2. The molecule has 4 aromatic rings. The number of amides is 1. The zero-order chi connectivity index (χ0) is 24.1. The van der Waals surface area contributed by atoms with Crippen molar-refractivity contribution in [2.75, 3.05) is 11.1 Å². The zero-order valence-electron chi connectivity index (χ0n) is 19.0. The number of hydrogen-bond donors (Lipinski definition) is 1. The van der Waals surface area contributed by atoms with E-state index in [0.29, 0.717) is 23.4 Å². The van der Waals surface area contributed by atoms with Crippen LogP contribution in [0.5, 0.6) is 5.75 Å². The third kappa shape index (κ3) is 6.05. The van der Waals surface area contributed by atoms with E-state index in [1.807, 2.05) is 59.3 Å². The maximum atomic E-state index is 12.5. The summed E-state index contributed by atoms with van der Waals surface area (Å²) in [5.74, 6) is 1.60. The Labute approximate surface area is 215 Å². The Kier molecular flexibility index (Phi) is 8.02. The van der Waals surface area contributed by atoms with Gasteiger partial charge in [-0.3, -0.25) is 4.79 Å². The molecule has 0 fully saturated rings. The van der Waals surface area contributed by atoms with Crippen LogP contribution >= 0.6 is 39.0 Å². The smallest absolute Gasteiger partial charge is 0.236 e. The maximum Gasteiger partial charge on any atom is 0.236 e. The van der Waals surface area contributed by atoms with Crippen LogP contribution in [0.3, 0.4) is 0 Å². The molecule has 176 valence electrons. The summed E-state index contributed by atoms with van der Waals surface area (Å²) >= 11 is 6.18. The molecule has 34 heavy (non-hydrogen) atoms. The Hall–Kier alpha value is -2.69. The topological polar surface area (TPSA) is 81.9 Å². The van der Waals surface area contributed by atoms with E-state index in [9.17, 15) is 4.79 Å². The van der Waals surface area contributed by atoms with Crippen molar-refractivity contribution in [1.29, 1.82) is 0 Å². The van der Waals surface area contributed by atoms with Crippen molar-refractivity contribution in [2.45, 2.75) is 39.1 Å². The summed E-state index contributed by atoms with van der Waals surface area (Å²) in [5, 5.41) is 14.6. The number of ether oxygens (including phenoxy) is 1. The first-order valence-corrected chi connectivity index (χ1v) is 13.3. The second-order valence-electron chi connectivity index (χ2n) is 7.56. The van der Waals surface area contributed by atoms with Crippen LogP contribution in [0.2, 0.25) is 0 Å². The van der Waals surface area contributed by atoms with Crippen LogP contribution < -0.4 is 10.1 Å². The summed E-state index contributed by atoms with van der Waals surface area (Å²) in [4.78, 5) is 17.0. The number of anilines is 1. The standard InChI is InChI=1S/C24H24BrN5O2S2/c1-4-30-21(12-32-19-10-5-15(2)16(3)11-19)28-29-24(30)34-14-22(31)27-23-26-20(13-33-23)17-6-8-18(25)9-7-17/h5-11,13H,4,12,14H2,1-3H3,(H,26,27,31). The Morgan fingerprint density at radius 2 is 1.94 bits per heavy atom. The van der Waals surface area contributed by atoms with Crippen LogP contribution in [0, 0.1) is 13.8 Å². The minimum Gasteiger partial charge on any atom is -0.486 e. The molecule has 0 aliphatic carbocycles. The van der Waals surface area contributed by atoms with E-state index in [4.69, 9.17) is 4.74 Å². The molecule has 7 nitrogen and oxygen atoms in total. The number of rotatable bonds is 9. The van der Waals surface area contributed by atoms with Crippen molar-refractivity contribution in [1.82, 2.24) is 19.7 Å². The number of thiazole rings is 1. The van der Waals surface area contributed by atoms with Crippen molar-refractivity contribution in [2.24, 2.45) is 0 Å². The summed E-state index contributed by atoms with van der Waals surface area (Å²) in [6.07, 6.45) is 0. The second-order valence-corrected chi connectivity index (χ2v) is 10.3. The summed E-state index contributed by atoms with van der Waals surface area (Å²) in [6, 6.07) is 13.9. The van der Waals surface area contributed by atoms with Crippen molar-refractivity contribution in [3.05, 3.63) is 69.3 Å². The summed E-state index contributed by atoms with van der Waals surface area (Å²) in [6.45, 7) is 7.15. The minimum atomic E-state index is -0.139. The predicted molar refractivity (Wildman–Crippen MR) is 141 cm³/mol. The number of nitrogens with zero attached hydrogens (tertiary/aromatic N) is 4. The van der Waals surface area contributed by atoms with Gasteiger partial charge in [-0.15, -0.1) is 21.5 Å². The highest BCUT2D eigenvalue weighted by atomic mass is 79.9. The van der Waals surface area contributed by atoms with E-state index in [1.54, 1.807) is 0 Å². The molecule has 0 radical (unpaired) electrons. The normalized spacial score (nSPS) is 10.9. The molecule has 0 saturated carbocycles. The summed E-state index contributed by atoms with van der Waals surface area (Å²) in [7, 11) is 0. The summed E-state index contributed by atoms with van der Waals surface area (Å²) in [5.41, 5.74) is 4.24. The van der Waals surface area contributed by atoms with Crippen LogP contribution in [0.25, 0.3) is 11.3 Å². The van der Waals surface area contributed by atoms with E-state index in [1.165, 1.54) is 34.2 Å².